The molecule has 22 heavy (non-hydrogen) atoms. The van der Waals surface area contributed by atoms with E-state index in [1.807, 2.05) is 48.5 Å². The minimum Gasteiger partial charge on any atom is -0.497 e. The highest BCUT2D eigenvalue weighted by atomic mass is 35.5. The summed E-state index contributed by atoms with van der Waals surface area (Å²) in [6.07, 6.45) is 0. The Bertz CT molecular complexity index is 756. The van der Waals surface area contributed by atoms with Crippen LogP contribution in [-0.2, 0) is 6.54 Å². The summed E-state index contributed by atoms with van der Waals surface area (Å²) in [6, 6.07) is 14.9. The summed E-state index contributed by atoms with van der Waals surface area (Å²) >= 11 is 5.93. The first kappa shape index (κ1) is 14.4. The molecule has 0 saturated heterocycles. The maximum absolute atomic E-state index is 5.93. The average Bonchev–Trinajstić information content (AvgIpc) is 3.02. The van der Waals surface area contributed by atoms with E-state index in [1.54, 1.807) is 7.11 Å². The van der Waals surface area contributed by atoms with E-state index in [-0.39, 0.29) is 0 Å². The smallest absolute Gasteiger partial charge is 0.247 e. The van der Waals surface area contributed by atoms with Crippen molar-refractivity contribution in [3.05, 3.63) is 59.4 Å². The maximum Gasteiger partial charge on any atom is 0.247 e. The van der Waals surface area contributed by atoms with Gasteiger partial charge in [-0.15, -0.1) is 10.2 Å². The van der Waals surface area contributed by atoms with Crippen molar-refractivity contribution in [1.29, 1.82) is 0 Å². The fourth-order valence-electron chi connectivity index (χ4n) is 1.95. The number of nitrogens with zero attached hydrogens (tertiary/aromatic N) is 2. The molecule has 5 nitrogen and oxygen atoms in total. The van der Waals surface area contributed by atoms with Gasteiger partial charge in [-0.25, -0.2) is 0 Å². The highest BCUT2D eigenvalue weighted by Gasteiger charge is 2.08. The molecule has 1 aromatic heterocycles. The van der Waals surface area contributed by atoms with Gasteiger partial charge >= 0.3 is 0 Å². The molecule has 112 valence electrons. The SMILES string of the molecule is COc1ccc(-c2nnc(CNc3cccc(Cl)c3)o2)cc1. The second-order valence-electron chi connectivity index (χ2n) is 4.59. The average molecular weight is 316 g/mol. The second-order valence-corrected chi connectivity index (χ2v) is 5.03. The molecule has 0 radical (unpaired) electrons. The first-order valence-electron chi connectivity index (χ1n) is 6.71. The molecule has 0 aliphatic carbocycles. The van der Waals surface area contributed by atoms with E-state index in [4.69, 9.17) is 20.8 Å². The van der Waals surface area contributed by atoms with Crippen LogP contribution in [0.4, 0.5) is 5.69 Å². The van der Waals surface area contributed by atoms with Crippen LogP contribution in [0.2, 0.25) is 5.02 Å². The van der Waals surface area contributed by atoms with E-state index in [0.717, 1.165) is 17.0 Å². The van der Waals surface area contributed by atoms with Crippen molar-refractivity contribution in [2.45, 2.75) is 6.54 Å². The van der Waals surface area contributed by atoms with Crippen LogP contribution in [0.3, 0.4) is 0 Å². The molecule has 0 aliphatic heterocycles. The van der Waals surface area contributed by atoms with Gasteiger partial charge < -0.3 is 14.5 Å². The zero-order valence-electron chi connectivity index (χ0n) is 11.9. The Morgan fingerprint density at radius 3 is 2.68 bits per heavy atom. The topological polar surface area (TPSA) is 60.2 Å². The van der Waals surface area contributed by atoms with Crippen molar-refractivity contribution in [3.8, 4) is 17.2 Å². The van der Waals surface area contributed by atoms with Crippen molar-refractivity contribution >= 4 is 17.3 Å². The lowest BCUT2D eigenvalue weighted by Crippen LogP contribution is -1.99. The van der Waals surface area contributed by atoms with E-state index < -0.39 is 0 Å². The van der Waals surface area contributed by atoms with Gasteiger partial charge in [-0.2, -0.15) is 0 Å². The highest BCUT2D eigenvalue weighted by molar-refractivity contribution is 6.30. The zero-order chi connectivity index (χ0) is 15.4. The minimum atomic E-state index is 0.434. The van der Waals surface area contributed by atoms with Crippen molar-refractivity contribution in [2.24, 2.45) is 0 Å². The lowest BCUT2D eigenvalue weighted by molar-refractivity contribution is 0.415. The number of aromatic nitrogens is 2. The number of methoxy groups -OCH3 is 1. The summed E-state index contributed by atoms with van der Waals surface area (Å²) in [5.41, 5.74) is 1.75. The number of hydrogen-bond acceptors (Lipinski definition) is 5. The molecule has 0 unspecified atom stereocenters. The summed E-state index contributed by atoms with van der Waals surface area (Å²) < 4.78 is 10.8. The van der Waals surface area contributed by atoms with Crippen molar-refractivity contribution in [2.75, 3.05) is 12.4 Å². The maximum atomic E-state index is 5.93. The van der Waals surface area contributed by atoms with Gasteiger partial charge in [-0.05, 0) is 42.5 Å². The number of anilines is 1. The van der Waals surface area contributed by atoms with Gasteiger partial charge in [0.25, 0.3) is 0 Å². The third kappa shape index (κ3) is 3.38. The quantitative estimate of drug-likeness (QED) is 0.770. The first-order valence-corrected chi connectivity index (χ1v) is 7.08. The van der Waals surface area contributed by atoms with E-state index in [0.29, 0.717) is 23.3 Å². The summed E-state index contributed by atoms with van der Waals surface area (Å²) in [5.74, 6) is 1.77. The van der Waals surface area contributed by atoms with E-state index in [1.165, 1.54) is 0 Å². The van der Waals surface area contributed by atoms with Crippen LogP contribution in [0.1, 0.15) is 5.89 Å². The minimum absolute atomic E-state index is 0.434. The molecule has 3 rings (SSSR count). The van der Waals surface area contributed by atoms with Crippen LogP contribution >= 0.6 is 11.6 Å². The monoisotopic (exact) mass is 315 g/mol. The fourth-order valence-corrected chi connectivity index (χ4v) is 2.14. The second kappa shape index (κ2) is 6.49. The summed E-state index contributed by atoms with van der Waals surface area (Å²) in [7, 11) is 1.63. The van der Waals surface area contributed by atoms with Crippen LogP contribution in [0.5, 0.6) is 5.75 Å². The Hall–Kier alpha value is -2.53. The molecule has 0 saturated carbocycles. The third-order valence-electron chi connectivity index (χ3n) is 3.07. The van der Waals surface area contributed by atoms with Crippen molar-refractivity contribution in [1.82, 2.24) is 10.2 Å². The van der Waals surface area contributed by atoms with Crippen molar-refractivity contribution < 1.29 is 9.15 Å². The third-order valence-corrected chi connectivity index (χ3v) is 3.31. The molecule has 0 fully saturated rings. The molecule has 0 atom stereocenters. The summed E-state index contributed by atoms with van der Waals surface area (Å²) in [5, 5.41) is 11.9. The molecule has 3 aromatic rings. The number of ether oxygens (including phenoxy) is 1. The summed E-state index contributed by atoms with van der Waals surface area (Å²) in [6.45, 7) is 0.434. The highest BCUT2D eigenvalue weighted by Crippen LogP contribution is 2.21. The van der Waals surface area contributed by atoms with Gasteiger partial charge in [0.2, 0.25) is 11.8 Å². The zero-order valence-corrected chi connectivity index (χ0v) is 12.7. The van der Waals surface area contributed by atoms with Gasteiger partial charge in [0.1, 0.15) is 5.75 Å². The number of hydrogen-bond donors (Lipinski definition) is 1. The lowest BCUT2D eigenvalue weighted by atomic mass is 10.2. The lowest BCUT2D eigenvalue weighted by Gasteiger charge is -2.03. The first-order chi connectivity index (χ1) is 10.7. The normalized spacial score (nSPS) is 10.5. The molecular formula is C16H14ClN3O2. The molecule has 0 aliphatic rings. The van der Waals surface area contributed by atoms with Crippen molar-refractivity contribution in [3.63, 3.8) is 0 Å². The number of benzene rings is 2. The van der Waals surface area contributed by atoms with Crippen LogP contribution in [0, 0.1) is 0 Å². The van der Waals surface area contributed by atoms with Crippen LogP contribution in [0.25, 0.3) is 11.5 Å². The Morgan fingerprint density at radius 2 is 1.95 bits per heavy atom. The van der Waals surface area contributed by atoms with E-state index in [9.17, 15) is 0 Å². The van der Waals surface area contributed by atoms with Gasteiger partial charge in [0.15, 0.2) is 0 Å². The van der Waals surface area contributed by atoms with Crippen LogP contribution in [0.15, 0.2) is 52.9 Å². The molecule has 0 bridgehead atoms. The van der Waals surface area contributed by atoms with Gasteiger partial charge in [0.05, 0.1) is 13.7 Å². The number of rotatable bonds is 5. The van der Waals surface area contributed by atoms with Gasteiger partial charge in [0, 0.05) is 16.3 Å². The molecule has 2 aromatic carbocycles. The predicted molar refractivity (Wildman–Crippen MR) is 85.1 cm³/mol. The number of nitrogens with one attached hydrogen (secondary N) is 1. The van der Waals surface area contributed by atoms with Crippen LogP contribution < -0.4 is 10.1 Å². The number of halogens is 1. The predicted octanol–water partition coefficient (Wildman–Crippen LogP) is 4.01. The summed E-state index contributed by atoms with van der Waals surface area (Å²) in [4.78, 5) is 0. The molecule has 6 heteroatoms. The van der Waals surface area contributed by atoms with Gasteiger partial charge in [-0.1, -0.05) is 17.7 Å². The molecule has 0 amide bonds. The Labute approximate surface area is 132 Å². The Kier molecular flexibility index (Phi) is 4.25. The molecule has 1 N–H and O–H groups in total. The fraction of sp³-hybridized carbons (Fsp3) is 0.125. The largest absolute Gasteiger partial charge is 0.497 e. The Balaban J connectivity index is 1.68. The van der Waals surface area contributed by atoms with E-state index >= 15 is 0 Å². The van der Waals surface area contributed by atoms with Gasteiger partial charge in [-0.3, -0.25) is 0 Å². The molecule has 0 spiro atoms. The standard InChI is InChI=1S/C16H14ClN3O2/c1-21-14-7-5-11(6-8-14)16-20-19-15(22-16)10-18-13-4-2-3-12(17)9-13/h2-9,18H,10H2,1H3. The van der Waals surface area contributed by atoms with E-state index in [2.05, 4.69) is 15.5 Å². The van der Waals surface area contributed by atoms with Crippen LogP contribution in [-0.4, -0.2) is 17.3 Å². The Morgan fingerprint density at radius 1 is 1.14 bits per heavy atom. The molecular weight excluding hydrogens is 302 g/mol. The molecule has 1 heterocycles.